The van der Waals surface area contributed by atoms with E-state index in [4.69, 9.17) is 9.47 Å². The van der Waals surface area contributed by atoms with E-state index in [1.54, 1.807) is 0 Å². The number of aromatic nitrogens is 2. The summed E-state index contributed by atoms with van der Waals surface area (Å²) in [6, 6.07) is 9.36. The molecule has 0 fully saturated rings. The van der Waals surface area contributed by atoms with Crippen molar-refractivity contribution in [3.8, 4) is 5.75 Å². The summed E-state index contributed by atoms with van der Waals surface area (Å²) in [4.78, 5) is 14.5. The zero-order valence-electron chi connectivity index (χ0n) is 15.4. The Balaban J connectivity index is 1.59. The molecule has 1 aliphatic heterocycles. The van der Waals surface area contributed by atoms with Crippen molar-refractivity contribution in [1.29, 1.82) is 0 Å². The summed E-state index contributed by atoms with van der Waals surface area (Å²) in [7, 11) is 0. The number of aryl methyl sites for hydroxylation is 2. The van der Waals surface area contributed by atoms with Crippen LogP contribution in [0.3, 0.4) is 0 Å². The normalized spacial score (nSPS) is 13.8. The van der Waals surface area contributed by atoms with Gasteiger partial charge in [0.05, 0.1) is 24.5 Å². The molecule has 3 rings (SSSR count). The average Bonchev–Trinajstić information content (AvgIpc) is 2.85. The molecule has 1 N–H and O–H groups in total. The number of benzene rings is 1. The Kier molecular flexibility index (Phi) is 6.12. The van der Waals surface area contributed by atoms with Gasteiger partial charge in [-0.25, -0.2) is 4.79 Å². The summed E-state index contributed by atoms with van der Waals surface area (Å²) in [5, 5.41) is 7.44. The molecule has 0 saturated heterocycles. The Bertz CT molecular complexity index is 744. The van der Waals surface area contributed by atoms with Gasteiger partial charge < -0.3 is 19.7 Å². The lowest BCUT2D eigenvalue weighted by molar-refractivity contribution is 0.110. The van der Waals surface area contributed by atoms with Crippen molar-refractivity contribution in [2.75, 3.05) is 31.7 Å². The van der Waals surface area contributed by atoms with Gasteiger partial charge in [0.15, 0.2) is 0 Å². The first-order chi connectivity index (χ1) is 12.7. The van der Waals surface area contributed by atoms with Crippen molar-refractivity contribution in [2.24, 2.45) is 0 Å². The molecular weight excluding hydrogens is 332 g/mol. The van der Waals surface area contributed by atoms with Crippen LogP contribution in [0.1, 0.15) is 24.7 Å². The molecule has 7 heteroatoms. The quantitative estimate of drug-likeness (QED) is 0.806. The van der Waals surface area contributed by atoms with Gasteiger partial charge >= 0.3 is 6.03 Å². The van der Waals surface area contributed by atoms with E-state index in [1.807, 2.05) is 53.8 Å². The van der Waals surface area contributed by atoms with Crippen LogP contribution in [0.4, 0.5) is 10.5 Å². The molecule has 0 unspecified atom stereocenters. The highest BCUT2D eigenvalue weighted by molar-refractivity contribution is 5.89. The molecule has 1 aromatic heterocycles. The molecule has 0 saturated carbocycles. The molecule has 26 heavy (non-hydrogen) atoms. The van der Waals surface area contributed by atoms with Gasteiger partial charge in [0.25, 0.3) is 0 Å². The number of anilines is 1. The summed E-state index contributed by atoms with van der Waals surface area (Å²) in [5.74, 6) is 0.715. The first kappa shape index (κ1) is 18.3. The van der Waals surface area contributed by atoms with E-state index in [1.165, 1.54) is 0 Å². The van der Waals surface area contributed by atoms with Crippen LogP contribution >= 0.6 is 0 Å². The van der Waals surface area contributed by atoms with Crippen LogP contribution in [0.2, 0.25) is 0 Å². The number of rotatable bonds is 6. The maximum Gasteiger partial charge on any atom is 0.322 e. The second kappa shape index (κ2) is 8.71. The van der Waals surface area contributed by atoms with Crippen molar-refractivity contribution < 1.29 is 14.3 Å². The maximum absolute atomic E-state index is 12.7. The van der Waals surface area contributed by atoms with E-state index in [-0.39, 0.29) is 6.03 Å². The molecule has 0 atom stereocenters. The van der Waals surface area contributed by atoms with E-state index >= 15 is 0 Å². The Labute approximate surface area is 153 Å². The molecular formula is C19H26N4O3. The summed E-state index contributed by atoms with van der Waals surface area (Å²) >= 11 is 0. The predicted octanol–water partition coefficient (Wildman–Crippen LogP) is 3.04. The third-order valence-electron chi connectivity index (χ3n) is 4.21. The van der Waals surface area contributed by atoms with Gasteiger partial charge in [-0.05, 0) is 38.5 Å². The highest BCUT2D eigenvalue weighted by Gasteiger charge is 2.20. The van der Waals surface area contributed by atoms with E-state index in [2.05, 4.69) is 10.4 Å². The number of ether oxygens (including phenoxy) is 2. The SMILES string of the molecule is CCOCCOc1cccc(NC(=O)N2CCCn3nc(C)cc3C2)c1. The molecule has 2 heterocycles. The molecule has 140 valence electrons. The summed E-state index contributed by atoms with van der Waals surface area (Å²) in [6.07, 6.45) is 0.891. The van der Waals surface area contributed by atoms with Crippen molar-refractivity contribution in [3.05, 3.63) is 41.7 Å². The van der Waals surface area contributed by atoms with Crippen LogP contribution in [0.25, 0.3) is 0 Å². The van der Waals surface area contributed by atoms with Gasteiger partial charge in [-0.3, -0.25) is 4.68 Å². The Morgan fingerprint density at radius 1 is 1.27 bits per heavy atom. The van der Waals surface area contributed by atoms with Gasteiger partial charge in [-0.1, -0.05) is 6.07 Å². The Hall–Kier alpha value is -2.54. The van der Waals surface area contributed by atoms with Crippen LogP contribution in [-0.2, 0) is 17.8 Å². The fraction of sp³-hybridized carbons (Fsp3) is 0.474. The van der Waals surface area contributed by atoms with Gasteiger partial charge in [-0.2, -0.15) is 5.10 Å². The molecule has 2 aromatic rings. The van der Waals surface area contributed by atoms with Crippen LogP contribution in [0.15, 0.2) is 30.3 Å². The second-order valence-electron chi connectivity index (χ2n) is 6.28. The van der Waals surface area contributed by atoms with E-state index in [0.29, 0.717) is 38.7 Å². The minimum Gasteiger partial charge on any atom is -0.491 e. The fourth-order valence-electron chi connectivity index (χ4n) is 3.01. The molecule has 7 nitrogen and oxygen atoms in total. The van der Waals surface area contributed by atoms with Crippen molar-refractivity contribution in [3.63, 3.8) is 0 Å². The minimum absolute atomic E-state index is 0.108. The van der Waals surface area contributed by atoms with Crippen molar-refractivity contribution in [2.45, 2.75) is 33.4 Å². The predicted molar refractivity (Wildman–Crippen MR) is 99.4 cm³/mol. The smallest absolute Gasteiger partial charge is 0.322 e. The molecule has 1 aliphatic rings. The molecule has 0 bridgehead atoms. The van der Waals surface area contributed by atoms with E-state index in [9.17, 15) is 4.79 Å². The number of carbonyl (C=O) groups excluding carboxylic acids is 1. The third kappa shape index (κ3) is 4.76. The lowest BCUT2D eigenvalue weighted by atomic mass is 10.3. The Morgan fingerprint density at radius 2 is 2.15 bits per heavy atom. The molecule has 2 amide bonds. The minimum atomic E-state index is -0.108. The number of carbonyl (C=O) groups is 1. The molecule has 0 aliphatic carbocycles. The highest BCUT2D eigenvalue weighted by Crippen LogP contribution is 2.19. The summed E-state index contributed by atoms with van der Waals surface area (Å²) in [5.41, 5.74) is 2.78. The monoisotopic (exact) mass is 358 g/mol. The summed E-state index contributed by atoms with van der Waals surface area (Å²) in [6.45, 7) is 7.75. The largest absolute Gasteiger partial charge is 0.491 e. The van der Waals surface area contributed by atoms with Crippen molar-refractivity contribution >= 4 is 11.7 Å². The third-order valence-corrected chi connectivity index (χ3v) is 4.21. The second-order valence-corrected chi connectivity index (χ2v) is 6.28. The van der Waals surface area contributed by atoms with Gasteiger partial charge in [0.1, 0.15) is 12.4 Å². The van der Waals surface area contributed by atoms with Crippen LogP contribution in [0.5, 0.6) is 5.75 Å². The maximum atomic E-state index is 12.7. The molecule has 1 aromatic carbocycles. The first-order valence-electron chi connectivity index (χ1n) is 9.05. The van der Waals surface area contributed by atoms with Crippen LogP contribution < -0.4 is 10.1 Å². The van der Waals surface area contributed by atoms with Gasteiger partial charge in [0, 0.05) is 31.5 Å². The average molecular weight is 358 g/mol. The number of nitrogens with zero attached hydrogens (tertiary/aromatic N) is 3. The molecule has 0 radical (unpaired) electrons. The molecule has 0 spiro atoms. The van der Waals surface area contributed by atoms with Gasteiger partial charge in [0.2, 0.25) is 0 Å². The number of nitrogens with one attached hydrogen (secondary N) is 1. The Morgan fingerprint density at radius 3 is 3.00 bits per heavy atom. The number of urea groups is 1. The lowest BCUT2D eigenvalue weighted by Crippen LogP contribution is -2.34. The number of hydrogen-bond acceptors (Lipinski definition) is 4. The number of fused-ring (bicyclic) bond motifs is 1. The van der Waals surface area contributed by atoms with Crippen LogP contribution in [-0.4, -0.2) is 47.1 Å². The zero-order valence-corrected chi connectivity index (χ0v) is 15.4. The highest BCUT2D eigenvalue weighted by atomic mass is 16.5. The van der Waals surface area contributed by atoms with E-state index in [0.717, 1.165) is 30.0 Å². The topological polar surface area (TPSA) is 68.6 Å². The van der Waals surface area contributed by atoms with Crippen LogP contribution in [0, 0.1) is 6.92 Å². The van der Waals surface area contributed by atoms with Gasteiger partial charge in [-0.15, -0.1) is 0 Å². The first-order valence-corrected chi connectivity index (χ1v) is 9.05. The van der Waals surface area contributed by atoms with E-state index < -0.39 is 0 Å². The number of hydrogen-bond donors (Lipinski definition) is 1. The standard InChI is InChI=1S/C19H26N4O3/c1-3-25-10-11-26-18-7-4-6-16(13-18)20-19(24)22-8-5-9-23-17(14-22)12-15(2)21-23/h4,6-7,12-13H,3,5,8-11,14H2,1-2H3,(H,20,24). The lowest BCUT2D eigenvalue weighted by Gasteiger charge is -2.20. The summed E-state index contributed by atoms with van der Waals surface area (Å²) < 4.78 is 12.9. The zero-order chi connectivity index (χ0) is 18.4. The number of amides is 2. The van der Waals surface area contributed by atoms with Crippen molar-refractivity contribution in [1.82, 2.24) is 14.7 Å². The fourth-order valence-corrected chi connectivity index (χ4v) is 3.01.